The van der Waals surface area contributed by atoms with Gasteiger partial charge in [0, 0.05) is 22.8 Å². The molecule has 2 heterocycles. The number of carbonyl (C=O) groups excluding carboxylic acids is 1. The van der Waals surface area contributed by atoms with Crippen LogP contribution in [-0.4, -0.2) is 30.5 Å². The van der Waals surface area contributed by atoms with Crippen LogP contribution in [0.1, 0.15) is 28.1 Å². The number of benzene rings is 2. The van der Waals surface area contributed by atoms with E-state index in [0.717, 1.165) is 33.8 Å². The lowest BCUT2D eigenvalue weighted by atomic mass is 10.1. The summed E-state index contributed by atoms with van der Waals surface area (Å²) in [5, 5.41) is 12.5. The Bertz CT molecular complexity index is 1180. The van der Waals surface area contributed by atoms with Crippen molar-refractivity contribution in [2.75, 3.05) is 0 Å². The van der Waals surface area contributed by atoms with Crippen molar-refractivity contribution in [3.63, 3.8) is 0 Å². The Hall–Kier alpha value is -3.45. The van der Waals surface area contributed by atoms with Crippen LogP contribution in [0.2, 0.25) is 5.02 Å². The maximum atomic E-state index is 12.7. The quantitative estimate of drug-likeness (QED) is 0.481. The zero-order valence-electron chi connectivity index (χ0n) is 17.4. The Morgan fingerprint density at radius 1 is 1.06 bits per heavy atom. The third kappa shape index (κ3) is 4.83. The molecule has 0 unspecified atom stereocenters. The highest BCUT2D eigenvalue weighted by atomic mass is 35.5. The normalized spacial score (nSPS) is 10.9. The number of nitrogens with one attached hydrogen (secondary N) is 1. The van der Waals surface area contributed by atoms with Gasteiger partial charge in [0.1, 0.15) is 12.7 Å². The molecule has 0 saturated carbocycles. The molecule has 0 aliphatic carbocycles. The van der Waals surface area contributed by atoms with E-state index < -0.39 is 0 Å². The van der Waals surface area contributed by atoms with Gasteiger partial charge < -0.3 is 5.32 Å². The average molecular weight is 435 g/mol. The van der Waals surface area contributed by atoms with Crippen molar-refractivity contribution >= 4 is 17.5 Å². The fourth-order valence-electron chi connectivity index (χ4n) is 3.55. The summed E-state index contributed by atoms with van der Waals surface area (Å²) in [6.45, 7) is 4.96. The zero-order valence-corrected chi connectivity index (χ0v) is 18.2. The number of aryl methyl sites for hydroxylation is 1. The zero-order chi connectivity index (χ0) is 21.8. The van der Waals surface area contributed by atoms with Crippen molar-refractivity contribution < 1.29 is 4.79 Å². The molecule has 4 aromatic rings. The van der Waals surface area contributed by atoms with Crippen molar-refractivity contribution in [1.82, 2.24) is 29.9 Å². The van der Waals surface area contributed by atoms with E-state index in [4.69, 9.17) is 11.6 Å². The predicted molar refractivity (Wildman–Crippen MR) is 119 cm³/mol. The summed E-state index contributed by atoms with van der Waals surface area (Å²) < 4.78 is 3.61. The number of rotatable bonds is 7. The van der Waals surface area contributed by atoms with Gasteiger partial charge in [-0.3, -0.25) is 4.79 Å². The van der Waals surface area contributed by atoms with Crippen molar-refractivity contribution in [3.05, 3.63) is 94.3 Å². The third-order valence-electron chi connectivity index (χ3n) is 5.24. The second-order valence-electron chi connectivity index (χ2n) is 7.35. The molecule has 0 atom stereocenters. The minimum atomic E-state index is -0.0441. The first-order valence-corrected chi connectivity index (χ1v) is 10.4. The summed E-state index contributed by atoms with van der Waals surface area (Å²) >= 11 is 5.99. The maximum Gasteiger partial charge on any atom is 0.224 e. The molecule has 0 fully saturated rings. The van der Waals surface area contributed by atoms with E-state index in [1.54, 1.807) is 11.0 Å². The number of halogens is 1. The molecule has 0 radical (unpaired) electrons. The molecular formula is C23H23ClN6O. The molecule has 8 heteroatoms. The second kappa shape index (κ2) is 9.14. The van der Waals surface area contributed by atoms with Crippen molar-refractivity contribution in [2.45, 2.75) is 33.4 Å². The highest BCUT2D eigenvalue weighted by Gasteiger charge is 2.16. The SMILES string of the molecule is Cc1nn(-c2ccc(Cl)cc2)c(C)c1CC(=O)NCc1ccccc1Cn1cncn1. The maximum absolute atomic E-state index is 12.7. The lowest BCUT2D eigenvalue weighted by molar-refractivity contribution is -0.120. The Balaban J connectivity index is 1.44. The summed E-state index contributed by atoms with van der Waals surface area (Å²) in [4.78, 5) is 16.7. The number of hydrogen-bond donors (Lipinski definition) is 1. The molecule has 0 spiro atoms. The van der Waals surface area contributed by atoms with Gasteiger partial charge >= 0.3 is 0 Å². The largest absolute Gasteiger partial charge is 0.352 e. The van der Waals surface area contributed by atoms with E-state index in [2.05, 4.69) is 20.5 Å². The average Bonchev–Trinajstić information content (AvgIpc) is 3.37. The highest BCUT2D eigenvalue weighted by Crippen LogP contribution is 2.20. The smallest absolute Gasteiger partial charge is 0.224 e. The lowest BCUT2D eigenvalue weighted by Crippen LogP contribution is -2.25. The molecule has 0 bridgehead atoms. The minimum absolute atomic E-state index is 0.0441. The van der Waals surface area contributed by atoms with Gasteiger partial charge in [0.05, 0.1) is 24.3 Å². The van der Waals surface area contributed by atoms with Gasteiger partial charge in [0.25, 0.3) is 0 Å². The van der Waals surface area contributed by atoms with Crippen LogP contribution in [0, 0.1) is 13.8 Å². The van der Waals surface area contributed by atoms with Gasteiger partial charge in [0.2, 0.25) is 5.91 Å². The monoisotopic (exact) mass is 434 g/mol. The van der Waals surface area contributed by atoms with Crippen molar-refractivity contribution in [2.24, 2.45) is 0 Å². The molecule has 31 heavy (non-hydrogen) atoms. The molecule has 0 saturated heterocycles. The number of nitrogens with zero attached hydrogens (tertiary/aromatic N) is 5. The van der Waals surface area contributed by atoms with Gasteiger partial charge in [-0.15, -0.1) is 0 Å². The van der Waals surface area contributed by atoms with Gasteiger partial charge in [0.15, 0.2) is 0 Å². The van der Waals surface area contributed by atoms with E-state index in [9.17, 15) is 4.79 Å². The van der Waals surface area contributed by atoms with E-state index in [0.29, 0.717) is 18.1 Å². The predicted octanol–water partition coefficient (Wildman–Crippen LogP) is 3.64. The van der Waals surface area contributed by atoms with Crippen molar-refractivity contribution in [3.8, 4) is 5.69 Å². The molecule has 2 aromatic heterocycles. The minimum Gasteiger partial charge on any atom is -0.352 e. The Kier molecular flexibility index (Phi) is 6.13. The summed E-state index contributed by atoms with van der Waals surface area (Å²) in [6, 6.07) is 15.5. The van der Waals surface area contributed by atoms with Gasteiger partial charge in [-0.1, -0.05) is 35.9 Å². The van der Waals surface area contributed by atoms with Crippen LogP contribution in [-0.2, 0) is 24.3 Å². The van der Waals surface area contributed by atoms with Gasteiger partial charge in [-0.05, 0) is 49.2 Å². The van der Waals surface area contributed by atoms with E-state index >= 15 is 0 Å². The van der Waals surface area contributed by atoms with E-state index in [1.807, 2.05) is 67.1 Å². The van der Waals surface area contributed by atoms with Crippen LogP contribution in [0.5, 0.6) is 0 Å². The van der Waals surface area contributed by atoms with Crippen LogP contribution in [0.25, 0.3) is 5.69 Å². The van der Waals surface area contributed by atoms with Crippen LogP contribution in [0.4, 0.5) is 0 Å². The Morgan fingerprint density at radius 3 is 2.52 bits per heavy atom. The van der Waals surface area contributed by atoms with Crippen LogP contribution >= 0.6 is 11.6 Å². The van der Waals surface area contributed by atoms with Crippen LogP contribution < -0.4 is 5.32 Å². The van der Waals surface area contributed by atoms with E-state index in [-0.39, 0.29) is 12.3 Å². The summed E-state index contributed by atoms with van der Waals surface area (Å²) in [5.41, 5.74) is 5.78. The molecule has 158 valence electrons. The Morgan fingerprint density at radius 2 is 1.81 bits per heavy atom. The molecule has 2 aromatic carbocycles. The fraction of sp³-hybridized carbons (Fsp3) is 0.217. The molecule has 0 aliphatic heterocycles. The van der Waals surface area contributed by atoms with Gasteiger partial charge in [-0.2, -0.15) is 10.2 Å². The molecule has 1 N–H and O–H groups in total. The second-order valence-corrected chi connectivity index (χ2v) is 7.79. The number of hydrogen-bond acceptors (Lipinski definition) is 4. The fourth-order valence-corrected chi connectivity index (χ4v) is 3.68. The molecule has 4 rings (SSSR count). The van der Waals surface area contributed by atoms with Crippen molar-refractivity contribution in [1.29, 1.82) is 0 Å². The highest BCUT2D eigenvalue weighted by molar-refractivity contribution is 6.30. The topological polar surface area (TPSA) is 77.6 Å². The number of aromatic nitrogens is 5. The van der Waals surface area contributed by atoms with E-state index in [1.165, 1.54) is 6.33 Å². The summed E-state index contributed by atoms with van der Waals surface area (Å²) in [5.74, 6) is -0.0441. The molecule has 1 amide bonds. The Labute approximate surface area is 185 Å². The lowest BCUT2D eigenvalue weighted by Gasteiger charge is -2.11. The standard InChI is InChI=1S/C23H23ClN6O/c1-16-22(17(2)30(28-16)21-9-7-20(24)8-10-21)11-23(31)26-12-18-5-3-4-6-19(18)13-29-15-25-14-27-29/h3-10,14-15H,11-13H2,1-2H3,(H,26,31). The summed E-state index contributed by atoms with van der Waals surface area (Å²) in [6.07, 6.45) is 3.47. The first kappa shape index (κ1) is 20.8. The molecular weight excluding hydrogens is 412 g/mol. The first-order valence-electron chi connectivity index (χ1n) is 9.98. The first-order chi connectivity index (χ1) is 15.0. The van der Waals surface area contributed by atoms with Crippen LogP contribution in [0.3, 0.4) is 0 Å². The summed E-state index contributed by atoms with van der Waals surface area (Å²) in [7, 11) is 0. The van der Waals surface area contributed by atoms with Gasteiger partial charge in [-0.25, -0.2) is 14.3 Å². The number of amides is 1. The molecule has 0 aliphatic rings. The van der Waals surface area contributed by atoms with Crippen LogP contribution in [0.15, 0.2) is 61.2 Å². The third-order valence-corrected chi connectivity index (χ3v) is 5.49. The molecule has 7 nitrogen and oxygen atoms in total. The number of carbonyl (C=O) groups is 1.